The van der Waals surface area contributed by atoms with E-state index in [4.69, 9.17) is 14.4 Å². The predicted octanol–water partition coefficient (Wildman–Crippen LogP) is 12.6. The van der Waals surface area contributed by atoms with Crippen LogP contribution < -0.4 is 5.32 Å². The molecule has 0 aliphatic carbocycles. The lowest BCUT2D eigenvalue weighted by atomic mass is 9.95. The van der Waals surface area contributed by atoms with Crippen LogP contribution in [-0.4, -0.2) is 16.2 Å². The van der Waals surface area contributed by atoms with Crippen molar-refractivity contribution in [3.63, 3.8) is 0 Å². The van der Waals surface area contributed by atoms with Crippen molar-refractivity contribution in [2.45, 2.75) is 6.17 Å². The van der Waals surface area contributed by atoms with Gasteiger partial charge in [0.1, 0.15) is 23.2 Å². The van der Waals surface area contributed by atoms with E-state index in [1.54, 1.807) is 0 Å². The quantitative estimate of drug-likeness (QED) is 0.197. The van der Waals surface area contributed by atoms with Crippen molar-refractivity contribution in [2.24, 2.45) is 9.98 Å². The van der Waals surface area contributed by atoms with Crippen LogP contribution in [0.15, 0.2) is 196 Å². The van der Waals surface area contributed by atoms with E-state index in [0.29, 0.717) is 11.7 Å². The van der Waals surface area contributed by atoms with E-state index in [2.05, 4.69) is 168 Å². The molecule has 0 saturated heterocycles. The van der Waals surface area contributed by atoms with Gasteiger partial charge < -0.3 is 14.3 Å². The molecule has 262 valence electrons. The van der Waals surface area contributed by atoms with Gasteiger partial charge in [-0.25, -0.2) is 9.98 Å². The van der Waals surface area contributed by atoms with Gasteiger partial charge in [-0.15, -0.1) is 0 Å². The summed E-state index contributed by atoms with van der Waals surface area (Å²) in [7, 11) is 0. The molecular formula is C51H32N4O. The summed E-state index contributed by atoms with van der Waals surface area (Å²) in [6.45, 7) is 0. The molecule has 1 N–H and O–H groups in total. The molecule has 0 saturated carbocycles. The molecule has 0 fully saturated rings. The van der Waals surface area contributed by atoms with Crippen molar-refractivity contribution in [3.8, 4) is 5.69 Å². The number of hydrogen-bond donors (Lipinski definition) is 1. The monoisotopic (exact) mass is 716 g/mol. The second-order valence-corrected chi connectivity index (χ2v) is 14.5. The Morgan fingerprint density at radius 2 is 1.14 bits per heavy atom. The first-order valence-corrected chi connectivity index (χ1v) is 19.0. The number of nitrogens with zero attached hydrogens (tertiary/aromatic N) is 3. The summed E-state index contributed by atoms with van der Waals surface area (Å²) in [5, 5.41) is 15.3. The Kier molecular flexibility index (Phi) is 6.63. The molecule has 0 bridgehead atoms. The minimum atomic E-state index is -0.426. The lowest BCUT2D eigenvalue weighted by molar-refractivity contribution is 0.661. The number of benzene rings is 9. The van der Waals surface area contributed by atoms with Crippen molar-refractivity contribution in [1.82, 2.24) is 9.88 Å². The van der Waals surface area contributed by atoms with Crippen LogP contribution in [0, 0.1) is 0 Å². The first-order valence-electron chi connectivity index (χ1n) is 19.0. The molecule has 1 aliphatic heterocycles. The zero-order valence-electron chi connectivity index (χ0n) is 30.1. The van der Waals surface area contributed by atoms with Gasteiger partial charge in [0.25, 0.3) is 0 Å². The van der Waals surface area contributed by atoms with Crippen LogP contribution in [0.25, 0.3) is 81.7 Å². The maximum Gasteiger partial charge on any atom is 0.159 e. The number of fused-ring (bicyclic) bond motifs is 10. The highest BCUT2D eigenvalue weighted by molar-refractivity contribution is 6.30. The molecule has 11 aromatic rings. The van der Waals surface area contributed by atoms with Gasteiger partial charge >= 0.3 is 0 Å². The number of furan rings is 1. The fourth-order valence-corrected chi connectivity index (χ4v) is 8.93. The molecule has 1 atom stereocenters. The van der Waals surface area contributed by atoms with E-state index in [1.165, 1.54) is 21.5 Å². The molecular weight excluding hydrogens is 685 g/mol. The lowest BCUT2D eigenvalue weighted by Crippen LogP contribution is -2.34. The van der Waals surface area contributed by atoms with Gasteiger partial charge in [0.15, 0.2) is 5.84 Å². The van der Waals surface area contributed by atoms with Crippen LogP contribution in [0.5, 0.6) is 0 Å². The normalized spacial score (nSPS) is 14.6. The van der Waals surface area contributed by atoms with Crippen molar-refractivity contribution in [3.05, 3.63) is 199 Å². The van der Waals surface area contributed by atoms with E-state index >= 15 is 0 Å². The van der Waals surface area contributed by atoms with Crippen LogP contribution in [0.3, 0.4) is 0 Å². The summed E-state index contributed by atoms with van der Waals surface area (Å²) in [6, 6.07) is 64.3. The number of aromatic nitrogens is 1. The average Bonchev–Trinajstić information content (AvgIpc) is 3.81. The SMILES string of the molecule is c1ccc(C2=NC(c3cccc4ccccc34)NC(c3c(-n4c5ccccc5c5cc6ccccc6cc54)c4ccccc4c4c3oc3ccccc34)=N2)cc1. The largest absolute Gasteiger partial charge is 0.455 e. The number of hydrogen-bond acceptors (Lipinski definition) is 4. The molecule has 5 heteroatoms. The molecule has 12 rings (SSSR count). The Balaban J connectivity index is 1.25. The number of amidine groups is 2. The highest BCUT2D eigenvalue weighted by Gasteiger charge is 2.31. The Morgan fingerprint density at radius 1 is 0.500 bits per heavy atom. The zero-order chi connectivity index (χ0) is 36.7. The van der Waals surface area contributed by atoms with Gasteiger partial charge in [-0.3, -0.25) is 0 Å². The van der Waals surface area contributed by atoms with Crippen LogP contribution in [-0.2, 0) is 0 Å². The first-order chi connectivity index (χ1) is 27.8. The minimum Gasteiger partial charge on any atom is -0.455 e. The zero-order valence-corrected chi connectivity index (χ0v) is 30.1. The van der Waals surface area contributed by atoms with Gasteiger partial charge in [0.05, 0.1) is 22.3 Å². The molecule has 3 heterocycles. The molecule has 5 nitrogen and oxygen atoms in total. The van der Waals surface area contributed by atoms with E-state index in [-0.39, 0.29) is 0 Å². The van der Waals surface area contributed by atoms with Crippen molar-refractivity contribution < 1.29 is 4.42 Å². The second kappa shape index (κ2) is 12.0. The third-order valence-electron chi connectivity index (χ3n) is 11.4. The Bertz CT molecular complexity index is 3460. The highest BCUT2D eigenvalue weighted by atomic mass is 16.3. The first kappa shape index (κ1) is 30.9. The maximum atomic E-state index is 7.06. The van der Waals surface area contributed by atoms with Crippen molar-refractivity contribution in [1.29, 1.82) is 0 Å². The molecule has 56 heavy (non-hydrogen) atoms. The second-order valence-electron chi connectivity index (χ2n) is 14.5. The molecule has 0 amide bonds. The summed E-state index contributed by atoms with van der Waals surface area (Å²) in [5.74, 6) is 1.36. The number of nitrogens with one attached hydrogen (secondary N) is 1. The summed E-state index contributed by atoms with van der Waals surface area (Å²) in [4.78, 5) is 10.8. The lowest BCUT2D eigenvalue weighted by Gasteiger charge is -2.27. The fourth-order valence-electron chi connectivity index (χ4n) is 8.93. The summed E-state index contributed by atoms with van der Waals surface area (Å²) in [5.41, 5.74) is 7.76. The number of rotatable bonds is 4. The van der Waals surface area contributed by atoms with Crippen molar-refractivity contribution >= 4 is 87.7 Å². The number of aliphatic imine (C=N–C) groups is 2. The summed E-state index contributed by atoms with van der Waals surface area (Å²) >= 11 is 0. The average molecular weight is 717 g/mol. The Morgan fingerprint density at radius 3 is 1.98 bits per heavy atom. The highest BCUT2D eigenvalue weighted by Crippen LogP contribution is 2.45. The third kappa shape index (κ3) is 4.55. The minimum absolute atomic E-state index is 0.426. The van der Waals surface area contributed by atoms with Crippen LogP contribution in [0.1, 0.15) is 22.9 Å². The third-order valence-corrected chi connectivity index (χ3v) is 11.4. The maximum absolute atomic E-state index is 7.06. The van der Waals surface area contributed by atoms with Gasteiger partial charge in [0, 0.05) is 38.1 Å². The molecule has 2 aromatic heterocycles. The van der Waals surface area contributed by atoms with Crippen molar-refractivity contribution in [2.75, 3.05) is 0 Å². The van der Waals surface area contributed by atoms with Gasteiger partial charge in [-0.2, -0.15) is 0 Å². The van der Waals surface area contributed by atoms with E-state index < -0.39 is 6.17 Å². The standard InChI is InChI=1S/C51H32N4O/c1-2-16-32(17-3-1)49-52-50(39-26-14-20-31-15-6-7-21-35(31)39)54-51(53-49)46-47(38-24-9-8-23-37(38)45-40-25-11-13-28-44(40)56-48(45)46)55-42-27-12-10-22-36(42)41-29-33-18-4-5-19-34(33)30-43(41)55/h1-30,50H,(H,52,53,54). The van der Waals surface area contributed by atoms with Crippen LogP contribution in [0.2, 0.25) is 0 Å². The smallest absolute Gasteiger partial charge is 0.159 e. The number of para-hydroxylation sites is 2. The molecule has 0 spiro atoms. The Hall–Kier alpha value is -7.50. The van der Waals surface area contributed by atoms with E-state index in [0.717, 1.165) is 76.9 Å². The molecule has 1 unspecified atom stereocenters. The molecule has 1 aliphatic rings. The van der Waals surface area contributed by atoms with Crippen LogP contribution in [0.4, 0.5) is 0 Å². The summed E-state index contributed by atoms with van der Waals surface area (Å²) < 4.78 is 9.49. The molecule has 9 aromatic carbocycles. The van der Waals surface area contributed by atoms with Gasteiger partial charge in [-0.05, 0) is 51.2 Å². The van der Waals surface area contributed by atoms with E-state index in [9.17, 15) is 0 Å². The van der Waals surface area contributed by atoms with Gasteiger partial charge in [-0.1, -0.05) is 158 Å². The predicted molar refractivity (Wildman–Crippen MR) is 232 cm³/mol. The van der Waals surface area contributed by atoms with E-state index in [1.807, 2.05) is 24.3 Å². The summed E-state index contributed by atoms with van der Waals surface area (Å²) in [6.07, 6.45) is -0.426. The molecule has 0 radical (unpaired) electrons. The van der Waals surface area contributed by atoms with Crippen LogP contribution >= 0.6 is 0 Å². The Labute approximate surface area is 321 Å². The fraction of sp³-hybridized carbons (Fsp3) is 0.0196. The van der Waals surface area contributed by atoms with Gasteiger partial charge in [0.2, 0.25) is 0 Å². The topological polar surface area (TPSA) is 54.8 Å².